The van der Waals surface area contributed by atoms with Crippen molar-refractivity contribution in [1.82, 2.24) is 5.32 Å². The molecule has 0 saturated carbocycles. The third-order valence-electron chi connectivity index (χ3n) is 4.23. The van der Waals surface area contributed by atoms with E-state index in [0.717, 1.165) is 29.8 Å². The van der Waals surface area contributed by atoms with E-state index in [4.69, 9.17) is 9.47 Å². The van der Waals surface area contributed by atoms with E-state index in [1.54, 1.807) is 25.1 Å². The van der Waals surface area contributed by atoms with Crippen molar-refractivity contribution in [2.75, 3.05) is 6.79 Å². The largest absolute Gasteiger partial charge is 0.454 e. The number of fused-ring (bicyclic) bond motifs is 1. The van der Waals surface area contributed by atoms with Crippen LogP contribution in [0.1, 0.15) is 25.5 Å². The average Bonchev–Trinajstić information content (AvgIpc) is 3.09. The standard InChI is InChI=1S/C18H18FNO5S/c1-11(13-3-8-16-17(9-13)25-10-24-16)20-18(21)12(2)26(22,23)15-6-4-14(19)5-7-15/h3-9,11-12H,10H2,1-2H3,(H,20,21). The van der Waals surface area contributed by atoms with Gasteiger partial charge in [-0.2, -0.15) is 0 Å². The fourth-order valence-electron chi connectivity index (χ4n) is 2.57. The molecule has 26 heavy (non-hydrogen) atoms. The van der Waals surface area contributed by atoms with Crippen molar-refractivity contribution in [3.8, 4) is 11.5 Å². The number of carbonyl (C=O) groups is 1. The van der Waals surface area contributed by atoms with Crippen LogP contribution in [0.25, 0.3) is 0 Å². The fourth-order valence-corrected chi connectivity index (χ4v) is 3.84. The van der Waals surface area contributed by atoms with Gasteiger partial charge >= 0.3 is 0 Å². The summed E-state index contributed by atoms with van der Waals surface area (Å²) < 4.78 is 48.6. The van der Waals surface area contributed by atoms with Crippen LogP contribution < -0.4 is 14.8 Å². The third kappa shape index (κ3) is 3.50. The Hall–Kier alpha value is -2.61. The van der Waals surface area contributed by atoms with E-state index in [2.05, 4.69) is 5.32 Å². The number of halogens is 1. The molecule has 2 aromatic rings. The summed E-state index contributed by atoms with van der Waals surface area (Å²) in [4.78, 5) is 12.3. The van der Waals surface area contributed by atoms with Crippen LogP contribution in [0.2, 0.25) is 0 Å². The summed E-state index contributed by atoms with van der Waals surface area (Å²) in [7, 11) is -3.92. The van der Waals surface area contributed by atoms with Gasteiger partial charge in [-0.25, -0.2) is 12.8 Å². The Bertz CT molecular complexity index is 927. The first-order valence-corrected chi connectivity index (χ1v) is 9.53. The highest BCUT2D eigenvalue weighted by atomic mass is 32.2. The van der Waals surface area contributed by atoms with Crippen molar-refractivity contribution < 1.29 is 27.1 Å². The second-order valence-electron chi connectivity index (χ2n) is 5.98. The number of benzene rings is 2. The fraction of sp³-hybridized carbons (Fsp3) is 0.278. The molecule has 0 fully saturated rings. The molecule has 8 heteroatoms. The molecule has 1 aliphatic rings. The normalized spacial score (nSPS) is 15.3. The van der Waals surface area contributed by atoms with Crippen LogP contribution in [-0.2, 0) is 14.6 Å². The van der Waals surface area contributed by atoms with Crippen LogP contribution in [0.15, 0.2) is 47.4 Å². The number of hydrogen-bond donors (Lipinski definition) is 1. The first-order valence-electron chi connectivity index (χ1n) is 7.98. The zero-order valence-corrected chi connectivity index (χ0v) is 15.0. The van der Waals surface area contributed by atoms with Gasteiger partial charge in [0, 0.05) is 0 Å². The Labute approximate surface area is 150 Å². The average molecular weight is 379 g/mol. The molecule has 0 bridgehead atoms. The Kier molecular flexibility index (Phi) is 4.86. The van der Waals surface area contributed by atoms with Crippen molar-refractivity contribution in [3.63, 3.8) is 0 Å². The number of nitrogens with one attached hydrogen (secondary N) is 1. The van der Waals surface area contributed by atoms with Crippen LogP contribution in [0, 0.1) is 5.82 Å². The lowest BCUT2D eigenvalue weighted by Gasteiger charge is -2.18. The monoisotopic (exact) mass is 379 g/mol. The molecule has 0 aliphatic carbocycles. The van der Waals surface area contributed by atoms with Gasteiger partial charge in [0.1, 0.15) is 11.1 Å². The summed E-state index contributed by atoms with van der Waals surface area (Å²) in [5.41, 5.74) is 0.758. The minimum Gasteiger partial charge on any atom is -0.454 e. The van der Waals surface area contributed by atoms with Crippen LogP contribution in [0.5, 0.6) is 11.5 Å². The molecule has 0 saturated heterocycles. The lowest BCUT2D eigenvalue weighted by atomic mass is 10.1. The van der Waals surface area contributed by atoms with Gasteiger partial charge in [0.15, 0.2) is 21.3 Å². The molecule has 0 spiro atoms. The van der Waals surface area contributed by atoms with Crippen molar-refractivity contribution in [2.45, 2.75) is 30.0 Å². The molecule has 3 rings (SSSR count). The molecule has 1 heterocycles. The molecule has 0 aromatic heterocycles. The first-order chi connectivity index (χ1) is 12.3. The van der Waals surface area contributed by atoms with Gasteiger partial charge in [-0.05, 0) is 55.8 Å². The number of ether oxygens (including phenoxy) is 2. The molecule has 0 radical (unpaired) electrons. The minimum absolute atomic E-state index is 0.0997. The molecule has 2 unspecified atom stereocenters. The molecular weight excluding hydrogens is 361 g/mol. The quantitative estimate of drug-likeness (QED) is 0.808. The Morgan fingerprint density at radius 2 is 1.73 bits per heavy atom. The lowest BCUT2D eigenvalue weighted by molar-refractivity contribution is -0.121. The maximum atomic E-state index is 13.0. The van der Waals surface area contributed by atoms with Crippen molar-refractivity contribution in [1.29, 1.82) is 0 Å². The van der Waals surface area contributed by atoms with E-state index < -0.39 is 32.9 Å². The van der Waals surface area contributed by atoms with E-state index in [-0.39, 0.29) is 11.7 Å². The van der Waals surface area contributed by atoms with Crippen LogP contribution in [0.4, 0.5) is 4.39 Å². The van der Waals surface area contributed by atoms with Crippen LogP contribution in [0.3, 0.4) is 0 Å². The highest BCUT2D eigenvalue weighted by Gasteiger charge is 2.30. The Morgan fingerprint density at radius 1 is 1.08 bits per heavy atom. The van der Waals surface area contributed by atoms with Crippen LogP contribution >= 0.6 is 0 Å². The molecule has 6 nitrogen and oxygen atoms in total. The highest BCUT2D eigenvalue weighted by Crippen LogP contribution is 2.34. The van der Waals surface area contributed by atoms with Crippen LogP contribution in [-0.4, -0.2) is 26.4 Å². The summed E-state index contributed by atoms with van der Waals surface area (Å²) in [5, 5.41) is 1.37. The van der Waals surface area contributed by atoms with Crippen molar-refractivity contribution >= 4 is 15.7 Å². The lowest BCUT2D eigenvalue weighted by Crippen LogP contribution is -2.39. The smallest absolute Gasteiger partial charge is 0.238 e. The summed E-state index contributed by atoms with van der Waals surface area (Å²) in [6.45, 7) is 3.19. The van der Waals surface area contributed by atoms with E-state index >= 15 is 0 Å². The van der Waals surface area contributed by atoms with Crippen molar-refractivity contribution in [3.05, 3.63) is 53.8 Å². The summed E-state index contributed by atoms with van der Waals surface area (Å²) >= 11 is 0. The summed E-state index contributed by atoms with van der Waals surface area (Å²) in [6.07, 6.45) is 0. The SMILES string of the molecule is CC(NC(=O)C(C)S(=O)(=O)c1ccc(F)cc1)c1ccc2c(c1)OCO2. The number of amides is 1. The second kappa shape index (κ2) is 6.95. The van der Waals surface area contributed by atoms with Gasteiger partial charge in [-0.3, -0.25) is 4.79 Å². The number of rotatable bonds is 5. The van der Waals surface area contributed by atoms with Gasteiger partial charge in [0.2, 0.25) is 12.7 Å². The van der Waals surface area contributed by atoms with E-state index in [0.29, 0.717) is 11.5 Å². The van der Waals surface area contributed by atoms with Gasteiger partial charge in [0.05, 0.1) is 10.9 Å². The van der Waals surface area contributed by atoms with Gasteiger partial charge < -0.3 is 14.8 Å². The number of sulfone groups is 1. The summed E-state index contributed by atoms with van der Waals surface area (Å²) in [6, 6.07) is 9.22. The predicted octanol–water partition coefficient (Wildman–Crippen LogP) is 2.59. The minimum atomic E-state index is -3.92. The third-order valence-corrected chi connectivity index (χ3v) is 6.31. The topological polar surface area (TPSA) is 81.7 Å². The first kappa shape index (κ1) is 18.2. The molecule has 1 N–H and O–H groups in total. The zero-order chi connectivity index (χ0) is 18.9. The molecular formula is C18H18FNO5S. The molecule has 2 atom stereocenters. The molecule has 1 aliphatic heterocycles. The second-order valence-corrected chi connectivity index (χ2v) is 8.25. The highest BCUT2D eigenvalue weighted by molar-refractivity contribution is 7.92. The van der Waals surface area contributed by atoms with E-state index in [1.165, 1.54) is 6.92 Å². The maximum absolute atomic E-state index is 13.0. The van der Waals surface area contributed by atoms with Gasteiger partial charge in [-0.15, -0.1) is 0 Å². The Balaban J connectivity index is 1.73. The molecule has 1 amide bonds. The number of hydrogen-bond acceptors (Lipinski definition) is 5. The van der Waals surface area contributed by atoms with Gasteiger partial charge in [0.25, 0.3) is 0 Å². The predicted molar refractivity (Wildman–Crippen MR) is 92.2 cm³/mol. The molecule has 2 aromatic carbocycles. The van der Waals surface area contributed by atoms with Gasteiger partial charge in [-0.1, -0.05) is 6.07 Å². The summed E-state index contributed by atoms with van der Waals surface area (Å²) in [5.74, 6) is 0.0205. The Morgan fingerprint density at radius 3 is 2.42 bits per heavy atom. The zero-order valence-electron chi connectivity index (χ0n) is 14.2. The number of carbonyl (C=O) groups excluding carboxylic acids is 1. The van der Waals surface area contributed by atoms with Crippen molar-refractivity contribution in [2.24, 2.45) is 0 Å². The van der Waals surface area contributed by atoms with E-state index in [1.807, 2.05) is 0 Å². The maximum Gasteiger partial charge on any atom is 0.238 e. The molecule has 138 valence electrons. The van der Waals surface area contributed by atoms with E-state index in [9.17, 15) is 17.6 Å².